The van der Waals surface area contributed by atoms with Crippen LogP contribution in [0.2, 0.25) is 0 Å². The lowest BCUT2D eigenvalue weighted by Crippen LogP contribution is -2.32. The quantitative estimate of drug-likeness (QED) is 0.796. The summed E-state index contributed by atoms with van der Waals surface area (Å²) in [5.74, 6) is 1.19. The summed E-state index contributed by atoms with van der Waals surface area (Å²) >= 11 is 0. The third kappa shape index (κ3) is 6.25. The van der Waals surface area contributed by atoms with Gasteiger partial charge in [-0.05, 0) is 37.1 Å². The number of halogens is 3. The summed E-state index contributed by atoms with van der Waals surface area (Å²) in [5, 5.41) is 3.10. The van der Waals surface area contributed by atoms with Gasteiger partial charge in [-0.3, -0.25) is 0 Å². The molecule has 0 radical (unpaired) electrons. The molecule has 0 fully saturated rings. The molecule has 0 aliphatic heterocycles. The predicted molar refractivity (Wildman–Crippen MR) is 76.0 cm³/mol. The first-order valence-electron chi connectivity index (χ1n) is 6.90. The summed E-state index contributed by atoms with van der Waals surface area (Å²) < 4.78 is 47.4. The van der Waals surface area contributed by atoms with E-state index in [0.29, 0.717) is 24.5 Å². The molecule has 0 aliphatic rings. The summed E-state index contributed by atoms with van der Waals surface area (Å²) in [4.78, 5) is 0. The molecule has 0 amide bonds. The van der Waals surface area contributed by atoms with E-state index in [1.54, 1.807) is 19.2 Å². The highest BCUT2D eigenvalue weighted by atomic mass is 19.4. The molecule has 0 bridgehead atoms. The van der Waals surface area contributed by atoms with Crippen LogP contribution in [-0.4, -0.2) is 33.0 Å². The van der Waals surface area contributed by atoms with E-state index in [1.807, 2.05) is 13.0 Å². The van der Waals surface area contributed by atoms with Crippen LogP contribution in [0.5, 0.6) is 11.5 Å². The van der Waals surface area contributed by atoms with Gasteiger partial charge < -0.3 is 14.8 Å². The first-order valence-corrected chi connectivity index (χ1v) is 6.90. The van der Waals surface area contributed by atoms with E-state index in [4.69, 9.17) is 9.47 Å². The van der Waals surface area contributed by atoms with Crippen molar-refractivity contribution in [3.63, 3.8) is 0 Å². The molecule has 1 aromatic rings. The second-order valence-electron chi connectivity index (χ2n) is 4.80. The molecule has 1 unspecified atom stereocenters. The fourth-order valence-electron chi connectivity index (χ4n) is 2.19. The number of hydrogen-bond donors (Lipinski definition) is 1. The summed E-state index contributed by atoms with van der Waals surface area (Å²) in [5.41, 5.74) is 0.917. The van der Waals surface area contributed by atoms with Crippen molar-refractivity contribution in [1.29, 1.82) is 0 Å². The minimum atomic E-state index is -4.12. The molecule has 0 aliphatic carbocycles. The fraction of sp³-hybridized carbons (Fsp3) is 0.600. The Balaban J connectivity index is 2.74. The molecule has 0 saturated heterocycles. The first kappa shape index (κ1) is 17.6. The second-order valence-corrected chi connectivity index (χ2v) is 4.80. The molecule has 6 heteroatoms. The summed E-state index contributed by atoms with van der Waals surface area (Å²) in [6.07, 6.45) is -4.32. The Bertz CT molecular complexity index is 435. The maximum atomic E-state index is 12.3. The van der Waals surface area contributed by atoms with Gasteiger partial charge in [0.15, 0.2) is 11.5 Å². The minimum absolute atomic E-state index is 0.0612. The molecule has 120 valence electrons. The molecule has 0 aromatic heterocycles. The van der Waals surface area contributed by atoms with Gasteiger partial charge in [-0.25, -0.2) is 0 Å². The largest absolute Gasteiger partial charge is 0.493 e. The standard InChI is InChI=1S/C15H22F3NO2/c1-4-19-12(7-8-15(16,17)18)9-11-5-6-13(20-2)14(10-11)21-3/h5-6,10,12,19H,4,7-9H2,1-3H3. The number of likely N-dealkylation sites (N-methyl/N-ethyl adjacent to an activating group) is 1. The zero-order valence-corrected chi connectivity index (χ0v) is 12.6. The minimum Gasteiger partial charge on any atom is -0.493 e. The molecule has 3 nitrogen and oxygen atoms in total. The number of rotatable bonds is 8. The first-order chi connectivity index (χ1) is 9.89. The molecule has 1 atom stereocenters. The van der Waals surface area contributed by atoms with Crippen molar-refractivity contribution in [1.82, 2.24) is 5.32 Å². The fourth-order valence-corrected chi connectivity index (χ4v) is 2.19. The zero-order valence-electron chi connectivity index (χ0n) is 12.6. The monoisotopic (exact) mass is 305 g/mol. The Hall–Kier alpha value is -1.43. The predicted octanol–water partition coefficient (Wildman–Crippen LogP) is 3.57. The van der Waals surface area contributed by atoms with Crippen LogP contribution in [0.4, 0.5) is 13.2 Å². The molecule has 0 saturated carbocycles. The van der Waals surface area contributed by atoms with Crippen LogP contribution >= 0.6 is 0 Å². The highest BCUT2D eigenvalue weighted by Crippen LogP contribution is 2.29. The number of alkyl halides is 3. The van der Waals surface area contributed by atoms with E-state index in [0.717, 1.165) is 5.56 Å². The molecular formula is C15H22F3NO2. The average Bonchev–Trinajstić information content (AvgIpc) is 2.44. The van der Waals surface area contributed by atoms with Crippen molar-refractivity contribution < 1.29 is 22.6 Å². The highest BCUT2D eigenvalue weighted by Gasteiger charge is 2.28. The average molecular weight is 305 g/mol. The van der Waals surface area contributed by atoms with Crippen LogP contribution in [0.3, 0.4) is 0 Å². The number of nitrogens with one attached hydrogen (secondary N) is 1. The normalized spacial score (nSPS) is 13.0. The van der Waals surface area contributed by atoms with Crippen LogP contribution in [0, 0.1) is 0 Å². The molecule has 1 N–H and O–H groups in total. The van der Waals surface area contributed by atoms with Crippen LogP contribution in [0.1, 0.15) is 25.3 Å². The Kier molecular flexibility index (Phi) is 6.81. The van der Waals surface area contributed by atoms with Gasteiger partial charge >= 0.3 is 6.18 Å². The summed E-state index contributed by atoms with van der Waals surface area (Å²) in [6.45, 7) is 2.52. The van der Waals surface area contributed by atoms with Crippen LogP contribution < -0.4 is 14.8 Å². The van der Waals surface area contributed by atoms with Crippen LogP contribution in [-0.2, 0) is 6.42 Å². The Morgan fingerprint density at radius 1 is 1.14 bits per heavy atom. The van der Waals surface area contributed by atoms with E-state index in [1.165, 1.54) is 7.11 Å². The van der Waals surface area contributed by atoms with Crippen molar-refractivity contribution in [2.45, 2.75) is 38.4 Å². The molecule has 1 aromatic carbocycles. The topological polar surface area (TPSA) is 30.5 Å². The third-order valence-corrected chi connectivity index (χ3v) is 3.20. The Morgan fingerprint density at radius 2 is 1.81 bits per heavy atom. The van der Waals surface area contributed by atoms with Gasteiger partial charge in [0.2, 0.25) is 0 Å². The number of benzene rings is 1. The van der Waals surface area contributed by atoms with Crippen LogP contribution in [0.25, 0.3) is 0 Å². The highest BCUT2D eigenvalue weighted by molar-refractivity contribution is 5.43. The zero-order chi connectivity index (χ0) is 15.9. The number of methoxy groups -OCH3 is 2. The Labute approximate surface area is 123 Å². The van der Waals surface area contributed by atoms with Gasteiger partial charge in [-0.1, -0.05) is 13.0 Å². The number of hydrogen-bond acceptors (Lipinski definition) is 3. The van der Waals surface area contributed by atoms with E-state index in [9.17, 15) is 13.2 Å². The molecule has 21 heavy (non-hydrogen) atoms. The van der Waals surface area contributed by atoms with E-state index in [2.05, 4.69) is 5.32 Å². The smallest absolute Gasteiger partial charge is 0.389 e. The Morgan fingerprint density at radius 3 is 2.33 bits per heavy atom. The molecule has 0 spiro atoms. The van der Waals surface area contributed by atoms with E-state index in [-0.39, 0.29) is 12.5 Å². The third-order valence-electron chi connectivity index (χ3n) is 3.20. The number of ether oxygens (including phenoxy) is 2. The van der Waals surface area contributed by atoms with Crippen molar-refractivity contribution in [3.05, 3.63) is 23.8 Å². The maximum absolute atomic E-state index is 12.3. The van der Waals surface area contributed by atoms with Gasteiger partial charge in [0.1, 0.15) is 0 Å². The van der Waals surface area contributed by atoms with Crippen LogP contribution in [0.15, 0.2) is 18.2 Å². The van der Waals surface area contributed by atoms with E-state index >= 15 is 0 Å². The molecular weight excluding hydrogens is 283 g/mol. The lowest BCUT2D eigenvalue weighted by molar-refractivity contribution is -0.136. The van der Waals surface area contributed by atoms with Gasteiger partial charge in [0.05, 0.1) is 14.2 Å². The van der Waals surface area contributed by atoms with Gasteiger partial charge in [-0.15, -0.1) is 0 Å². The summed E-state index contributed by atoms with van der Waals surface area (Å²) in [6, 6.07) is 5.20. The second kappa shape index (κ2) is 8.12. The SMILES string of the molecule is CCNC(CCC(F)(F)F)Cc1ccc(OC)c(OC)c1. The lowest BCUT2D eigenvalue weighted by Gasteiger charge is -2.19. The lowest BCUT2D eigenvalue weighted by atomic mass is 10.0. The van der Waals surface area contributed by atoms with Crippen molar-refractivity contribution in [3.8, 4) is 11.5 Å². The van der Waals surface area contributed by atoms with Gasteiger partial charge in [0.25, 0.3) is 0 Å². The van der Waals surface area contributed by atoms with Crippen molar-refractivity contribution in [2.75, 3.05) is 20.8 Å². The molecule has 0 heterocycles. The van der Waals surface area contributed by atoms with E-state index < -0.39 is 12.6 Å². The molecule has 1 rings (SSSR count). The van der Waals surface area contributed by atoms with Crippen molar-refractivity contribution in [2.24, 2.45) is 0 Å². The van der Waals surface area contributed by atoms with Gasteiger partial charge in [0, 0.05) is 12.5 Å². The van der Waals surface area contributed by atoms with Gasteiger partial charge in [-0.2, -0.15) is 13.2 Å². The maximum Gasteiger partial charge on any atom is 0.389 e. The summed E-state index contributed by atoms with van der Waals surface area (Å²) in [7, 11) is 3.08. The van der Waals surface area contributed by atoms with Crippen molar-refractivity contribution >= 4 is 0 Å².